The first-order valence-corrected chi connectivity index (χ1v) is 17.6. The number of carboxylic acids is 1. The smallest absolute Gasteiger partial charge is 0.305 e. The SMILES string of the molecule is COc1ccc2c(c1)Oc1cc(OC)cc(C(NC(=O)[C@@H](NC(=O)[C@@H](N)CC(=O)O)C(C)C)(C(C)=O)C(=O)CNC(=O)[C@@H](N)CCCNC(=N)N)c1C2(C)C. The molecule has 1 aliphatic rings. The van der Waals surface area contributed by atoms with E-state index in [9.17, 15) is 28.8 Å². The van der Waals surface area contributed by atoms with Crippen LogP contribution in [0.1, 0.15) is 70.6 Å². The van der Waals surface area contributed by atoms with Crippen molar-refractivity contribution in [2.75, 3.05) is 27.3 Å². The zero-order valence-electron chi connectivity index (χ0n) is 32.1. The van der Waals surface area contributed by atoms with E-state index in [1.165, 1.54) is 20.3 Å². The molecule has 1 unspecified atom stereocenters. The number of rotatable bonds is 19. The van der Waals surface area contributed by atoms with Gasteiger partial charge in [0.05, 0.1) is 39.3 Å². The summed E-state index contributed by atoms with van der Waals surface area (Å²) >= 11 is 0. The van der Waals surface area contributed by atoms with Crippen LogP contribution in [0, 0.1) is 11.3 Å². The molecule has 0 fully saturated rings. The van der Waals surface area contributed by atoms with E-state index in [-0.39, 0.29) is 36.0 Å². The second-order valence-corrected chi connectivity index (χ2v) is 14.1. The summed E-state index contributed by atoms with van der Waals surface area (Å²) in [5, 5.41) is 26.6. The number of ether oxygens (including phenoxy) is 3. The van der Waals surface area contributed by atoms with Crippen LogP contribution in [0.4, 0.5) is 0 Å². The normalized spacial score (nSPS) is 15.3. The molecule has 300 valence electrons. The predicted molar refractivity (Wildman–Crippen MR) is 201 cm³/mol. The highest BCUT2D eigenvalue weighted by atomic mass is 16.5. The minimum atomic E-state index is -2.54. The van der Waals surface area contributed by atoms with Crippen molar-refractivity contribution in [3.05, 3.63) is 47.0 Å². The lowest BCUT2D eigenvalue weighted by Gasteiger charge is -2.41. The number of hydrogen-bond acceptors (Lipinski definition) is 12. The Labute approximate surface area is 319 Å². The van der Waals surface area contributed by atoms with Crippen molar-refractivity contribution in [1.29, 1.82) is 5.41 Å². The van der Waals surface area contributed by atoms with Gasteiger partial charge in [-0.05, 0) is 37.8 Å². The summed E-state index contributed by atoms with van der Waals surface area (Å²) in [6, 6.07) is 4.19. The molecule has 0 aliphatic carbocycles. The van der Waals surface area contributed by atoms with Gasteiger partial charge < -0.3 is 57.8 Å². The van der Waals surface area contributed by atoms with Gasteiger partial charge in [-0.25, -0.2) is 0 Å². The number of carbonyl (C=O) groups excluding carboxylic acids is 5. The second-order valence-electron chi connectivity index (χ2n) is 14.1. The lowest BCUT2D eigenvalue weighted by atomic mass is 9.68. The Morgan fingerprint density at radius 2 is 1.56 bits per heavy atom. The first kappa shape index (κ1) is 43.7. The maximum Gasteiger partial charge on any atom is 0.305 e. The average molecular weight is 769 g/mol. The van der Waals surface area contributed by atoms with Crippen LogP contribution < -0.4 is 52.7 Å². The summed E-state index contributed by atoms with van der Waals surface area (Å²) in [6.07, 6.45) is -0.193. The van der Waals surface area contributed by atoms with Crippen LogP contribution in [0.25, 0.3) is 0 Å². The van der Waals surface area contributed by atoms with Crippen molar-refractivity contribution in [1.82, 2.24) is 21.3 Å². The maximum absolute atomic E-state index is 14.8. The van der Waals surface area contributed by atoms with Gasteiger partial charge in [0.2, 0.25) is 17.7 Å². The van der Waals surface area contributed by atoms with Gasteiger partial charge in [-0.3, -0.25) is 34.2 Å². The summed E-state index contributed by atoms with van der Waals surface area (Å²) in [7, 11) is 2.87. The van der Waals surface area contributed by atoms with Gasteiger partial charge in [0, 0.05) is 40.8 Å². The van der Waals surface area contributed by atoms with E-state index in [0.717, 1.165) is 6.92 Å². The maximum atomic E-state index is 14.8. The quantitative estimate of drug-likeness (QED) is 0.0401. The van der Waals surface area contributed by atoms with Crippen LogP contribution in [-0.4, -0.2) is 91.8 Å². The number of fused-ring (bicyclic) bond motifs is 2. The zero-order chi connectivity index (χ0) is 41.4. The fraction of sp³-hybridized carbons (Fsp3) is 0.486. The molecule has 0 radical (unpaired) electrons. The number of methoxy groups -OCH3 is 2. The van der Waals surface area contributed by atoms with Gasteiger partial charge in [0.1, 0.15) is 29.0 Å². The van der Waals surface area contributed by atoms with Crippen molar-refractivity contribution in [2.45, 2.75) is 83.0 Å². The number of carbonyl (C=O) groups is 6. The number of ketones is 2. The molecule has 4 atom stereocenters. The first-order valence-electron chi connectivity index (χ1n) is 17.6. The monoisotopic (exact) mass is 768 g/mol. The van der Waals surface area contributed by atoms with Crippen LogP contribution in [0.3, 0.4) is 0 Å². The molecule has 0 saturated carbocycles. The van der Waals surface area contributed by atoms with E-state index >= 15 is 0 Å². The van der Waals surface area contributed by atoms with Gasteiger partial charge in [-0.2, -0.15) is 0 Å². The second kappa shape index (κ2) is 18.1. The Hall–Kier alpha value is -5.75. The predicted octanol–water partition coefficient (Wildman–Crippen LogP) is 0.255. The van der Waals surface area contributed by atoms with Gasteiger partial charge in [0.15, 0.2) is 23.1 Å². The number of guanidine groups is 1. The van der Waals surface area contributed by atoms with E-state index in [2.05, 4.69) is 21.3 Å². The first-order chi connectivity index (χ1) is 25.7. The highest BCUT2D eigenvalue weighted by Crippen LogP contribution is 2.53. The third-order valence-electron chi connectivity index (χ3n) is 9.42. The molecule has 0 aromatic heterocycles. The molecule has 2 aromatic rings. The van der Waals surface area contributed by atoms with Gasteiger partial charge in [-0.1, -0.05) is 33.8 Å². The highest BCUT2D eigenvalue weighted by molar-refractivity contribution is 6.15. The summed E-state index contributed by atoms with van der Waals surface area (Å²) in [5.41, 5.74) is 14.6. The largest absolute Gasteiger partial charge is 0.497 e. The van der Waals surface area contributed by atoms with Crippen LogP contribution in [0.2, 0.25) is 0 Å². The molecule has 0 spiro atoms. The molecule has 18 heteroatoms. The minimum Gasteiger partial charge on any atom is -0.497 e. The molecule has 18 nitrogen and oxygen atoms in total. The third kappa shape index (κ3) is 9.87. The fourth-order valence-electron chi connectivity index (χ4n) is 6.42. The Kier molecular flexibility index (Phi) is 14.3. The Balaban J connectivity index is 2.22. The number of hydrogen-bond donors (Lipinski definition) is 9. The molecule has 0 bridgehead atoms. The summed E-state index contributed by atoms with van der Waals surface area (Å²) < 4.78 is 17.4. The van der Waals surface area contributed by atoms with Crippen LogP contribution >= 0.6 is 0 Å². The van der Waals surface area contributed by atoms with Gasteiger partial charge in [-0.15, -0.1) is 0 Å². The Morgan fingerprint density at radius 3 is 2.13 bits per heavy atom. The van der Waals surface area contributed by atoms with E-state index in [4.69, 9.17) is 41.9 Å². The summed E-state index contributed by atoms with van der Waals surface area (Å²) in [4.78, 5) is 80.7. The van der Waals surface area contributed by atoms with Crippen molar-refractivity contribution in [3.63, 3.8) is 0 Å². The van der Waals surface area contributed by atoms with Crippen molar-refractivity contribution in [2.24, 2.45) is 23.1 Å². The number of nitrogens with two attached hydrogens (primary N) is 3. The van der Waals surface area contributed by atoms with Crippen LogP contribution in [-0.2, 0) is 39.7 Å². The highest BCUT2D eigenvalue weighted by Gasteiger charge is 2.52. The fourth-order valence-corrected chi connectivity index (χ4v) is 6.42. The zero-order valence-corrected chi connectivity index (χ0v) is 32.1. The molecule has 2 aromatic carbocycles. The average Bonchev–Trinajstić information content (AvgIpc) is 3.11. The number of amides is 3. The summed E-state index contributed by atoms with van der Waals surface area (Å²) in [6.45, 7) is 7.47. The van der Waals surface area contributed by atoms with Crippen LogP contribution in [0.5, 0.6) is 23.0 Å². The van der Waals surface area contributed by atoms with Crippen molar-refractivity contribution in [3.8, 4) is 23.0 Å². The number of aliphatic carboxylic acids is 1. The third-order valence-corrected chi connectivity index (χ3v) is 9.42. The van der Waals surface area contributed by atoms with E-state index in [0.29, 0.717) is 29.0 Å². The van der Waals surface area contributed by atoms with E-state index < -0.39 is 83.2 Å². The molecular formula is C37H52N8O10. The number of benzene rings is 2. The molecule has 12 N–H and O–H groups in total. The number of carboxylic acid groups (broad SMARTS) is 1. The molecule has 55 heavy (non-hydrogen) atoms. The Bertz CT molecular complexity index is 1830. The lowest BCUT2D eigenvalue weighted by molar-refractivity contribution is -0.143. The van der Waals surface area contributed by atoms with E-state index in [1.54, 1.807) is 38.1 Å². The van der Waals surface area contributed by atoms with Crippen LogP contribution in [0.15, 0.2) is 30.3 Å². The van der Waals surface area contributed by atoms with Gasteiger partial charge >= 0.3 is 5.97 Å². The van der Waals surface area contributed by atoms with Crippen molar-refractivity contribution >= 4 is 41.2 Å². The lowest BCUT2D eigenvalue weighted by Crippen LogP contribution is -2.64. The summed E-state index contributed by atoms with van der Waals surface area (Å²) in [5.74, 6) is -5.41. The molecule has 1 aliphatic heterocycles. The topological polar surface area (TPSA) is 300 Å². The molecule has 0 saturated heterocycles. The molecule has 1 heterocycles. The molecule has 3 rings (SSSR count). The standard InChI is InChI=1S/C37H52N8O10/c1-18(2)31(44-33(51)25(39)16-29(48)49)34(52)45-37(19(3)46,28(47)17-43-32(50)24(38)9-8-12-42-35(40)41)23-13-21(54-7)15-27-30(23)36(4,5)22-11-10-20(53-6)14-26(22)55-27/h10-11,13-15,18,24-25,31H,8-9,12,16-17,38-39H2,1-7H3,(H,43,50)(H,44,51)(H,45,52)(H,48,49)(H4,40,41,42)/t24-,25-,31-,37?/m0/s1. The van der Waals surface area contributed by atoms with Crippen molar-refractivity contribution < 1.29 is 48.1 Å². The van der Waals surface area contributed by atoms with Gasteiger partial charge in [0.25, 0.3) is 0 Å². The number of nitrogens with one attached hydrogen (secondary N) is 5. The van der Waals surface area contributed by atoms with E-state index in [1.807, 2.05) is 13.8 Å². The number of Topliss-reactive ketones (excluding diaryl/α,β-unsaturated/α-hetero) is 2. The minimum absolute atomic E-state index is 0.0237. The molecule has 3 amide bonds. The molecular weight excluding hydrogens is 716 g/mol. The Morgan fingerprint density at radius 1 is 0.927 bits per heavy atom.